The van der Waals surface area contributed by atoms with Crippen LogP contribution in [0.1, 0.15) is 31.9 Å². The molecule has 0 aliphatic heterocycles. The molecule has 0 aromatic carbocycles. The van der Waals surface area contributed by atoms with E-state index in [0.717, 1.165) is 30.6 Å². The van der Waals surface area contributed by atoms with Crippen molar-refractivity contribution in [2.75, 3.05) is 14.1 Å². The van der Waals surface area contributed by atoms with Gasteiger partial charge in [0.15, 0.2) is 0 Å². The van der Waals surface area contributed by atoms with Crippen molar-refractivity contribution in [3.05, 3.63) is 107 Å². The largest absolute Gasteiger partial charge is 0.444 e. The molecule has 1 N–H and O–H groups in total. The van der Waals surface area contributed by atoms with Crippen LogP contribution in [0.3, 0.4) is 0 Å². The van der Waals surface area contributed by atoms with Gasteiger partial charge in [-0.1, -0.05) is 0 Å². The number of carbonyl (C=O) groups is 1. The Balaban J connectivity index is 0.000000244. The molecule has 0 fully saturated rings. The van der Waals surface area contributed by atoms with Crippen LogP contribution in [0.2, 0.25) is 0 Å². The number of nitrogens with zero attached hydrogens (tertiary/aromatic N) is 7. The molecule has 0 radical (unpaired) electrons. The van der Waals surface area contributed by atoms with Gasteiger partial charge in [-0.05, 0) is 75.3 Å². The number of halogens is 3. The molecule has 288 valence electrons. The maximum absolute atomic E-state index is 14.4. The van der Waals surface area contributed by atoms with Crippen molar-refractivity contribution in [1.29, 1.82) is 0 Å². The Bertz CT molecular complexity index is 2420. The van der Waals surface area contributed by atoms with Gasteiger partial charge in [-0.15, -0.1) is 35.1 Å². The maximum Gasteiger partial charge on any atom is 0.410 e. The van der Waals surface area contributed by atoms with Gasteiger partial charge in [0.1, 0.15) is 5.60 Å². The second kappa shape index (κ2) is 17.2. The zero-order valence-corrected chi connectivity index (χ0v) is 33.5. The van der Waals surface area contributed by atoms with E-state index in [1.165, 1.54) is 78.8 Å². The number of thiazole rings is 2. The van der Waals surface area contributed by atoms with Crippen LogP contribution in [0.15, 0.2) is 93.0 Å². The minimum absolute atomic E-state index is 0. The summed E-state index contributed by atoms with van der Waals surface area (Å²) < 4.78 is 87.3. The summed E-state index contributed by atoms with van der Waals surface area (Å²) in [5.41, 5.74) is 0.959. The Kier molecular flexibility index (Phi) is 13.5. The molecule has 0 aliphatic carbocycles. The Morgan fingerprint density at radius 2 is 1.28 bits per heavy atom. The van der Waals surface area contributed by atoms with Crippen molar-refractivity contribution in [2.24, 2.45) is 0 Å². The number of hydrogen-bond donors (Lipinski definition) is 1. The third kappa shape index (κ3) is 9.54. The molecule has 0 unspecified atom stereocenters. The van der Waals surface area contributed by atoms with Gasteiger partial charge in [0.2, 0.25) is 20.6 Å². The molecule has 0 saturated heterocycles. The first-order chi connectivity index (χ1) is 25.0. The van der Waals surface area contributed by atoms with Gasteiger partial charge in [0.05, 0.1) is 29.1 Å². The molecule has 14 nitrogen and oxygen atoms in total. The first-order valence-electron chi connectivity index (χ1n) is 15.6. The Hall–Kier alpha value is -4.60. The molecule has 0 bridgehead atoms. The predicted octanol–water partition coefficient (Wildman–Crippen LogP) is 6.27. The van der Waals surface area contributed by atoms with E-state index in [9.17, 15) is 30.4 Å². The Morgan fingerprint density at radius 3 is 1.69 bits per heavy atom. The van der Waals surface area contributed by atoms with Gasteiger partial charge in [-0.2, -0.15) is 25.6 Å². The van der Waals surface area contributed by atoms with Crippen molar-refractivity contribution in [1.82, 2.24) is 38.1 Å². The lowest BCUT2D eigenvalue weighted by molar-refractivity contribution is 0.0285. The van der Waals surface area contributed by atoms with Crippen LogP contribution in [0, 0.1) is 11.9 Å². The van der Waals surface area contributed by atoms with Crippen LogP contribution >= 0.6 is 35.1 Å². The minimum atomic E-state index is -4.06. The van der Waals surface area contributed by atoms with Crippen molar-refractivity contribution in [3.63, 3.8) is 0 Å². The van der Waals surface area contributed by atoms with E-state index >= 15 is 0 Å². The quantitative estimate of drug-likeness (QED) is 0.154. The minimum Gasteiger partial charge on any atom is -0.444 e. The van der Waals surface area contributed by atoms with Crippen LogP contribution in [0.25, 0.3) is 22.5 Å². The van der Waals surface area contributed by atoms with E-state index in [1.807, 2.05) is 0 Å². The zero-order valence-electron chi connectivity index (χ0n) is 29.4. The normalized spacial score (nSPS) is 11.7. The lowest BCUT2D eigenvalue weighted by Gasteiger charge is -2.24. The topological polar surface area (TPSA) is 171 Å². The van der Waals surface area contributed by atoms with E-state index < -0.39 is 43.6 Å². The lowest BCUT2D eigenvalue weighted by Crippen LogP contribution is -2.33. The van der Waals surface area contributed by atoms with Crippen molar-refractivity contribution < 1.29 is 35.1 Å². The van der Waals surface area contributed by atoms with Gasteiger partial charge >= 0.3 is 6.09 Å². The Labute approximate surface area is 325 Å². The summed E-state index contributed by atoms with van der Waals surface area (Å²) in [6, 6.07) is 9.14. The second-order valence-corrected chi connectivity index (χ2v) is 18.0. The standard InChI is InChI=1S/C19H21FN4O4S2.C14H13FN4O2S2.ClH/c1-19(2,3)28-18(25)23(4)11-13-10-15(14-6-5-7-21-16(14)20)24(12-13)30(26,27)17-22-8-9-29-17;1-16-8-10-7-12(11-3-2-4-17-13(11)15)19(9-10)23(20,21)14-18-5-6-22-14;/h5-10,12H,11H2,1-4H3;2-7,9,16H,8H2,1H3;1H. The van der Waals surface area contributed by atoms with E-state index in [2.05, 4.69) is 25.3 Å². The molecular weight excluding hydrogens is 806 g/mol. The lowest BCUT2D eigenvalue weighted by atomic mass is 10.2. The molecule has 6 aromatic heterocycles. The van der Waals surface area contributed by atoms with Gasteiger partial charge in [0.25, 0.3) is 20.0 Å². The third-order valence-electron chi connectivity index (χ3n) is 7.04. The van der Waals surface area contributed by atoms with E-state index in [0.29, 0.717) is 17.7 Å². The number of carbonyl (C=O) groups excluding carboxylic acids is 1. The highest BCUT2D eigenvalue weighted by Gasteiger charge is 2.28. The molecule has 0 saturated carbocycles. The molecular formula is C33H35ClF2N8O6S4. The van der Waals surface area contributed by atoms with Crippen LogP contribution < -0.4 is 5.32 Å². The first-order valence-corrected chi connectivity index (χ1v) is 20.2. The number of hydrogen-bond acceptors (Lipinski definition) is 13. The second-order valence-electron chi connectivity index (χ2n) is 12.2. The van der Waals surface area contributed by atoms with E-state index in [-0.39, 0.29) is 50.1 Å². The summed E-state index contributed by atoms with van der Waals surface area (Å²) in [7, 11) is -4.67. The summed E-state index contributed by atoms with van der Waals surface area (Å²) in [5.74, 6) is -1.53. The van der Waals surface area contributed by atoms with Crippen LogP contribution in [0.5, 0.6) is 0 Å². The summed E-state index contributed by atoms with van der Waals surface area (Å²) in [5, 5.41) is 6.06. The maximum atomic E-state index is 14.4. The van der Waals surface area contributed by atoms with Crippen LogP contribution in [-0.2, 0) is 37.9 Å². The summed E-state index contributed by atoms with van der Waals surface area (Å²) in [6.07, 6.45) is 7.64. The van der Waals surface area contributed by atoms with Gasteiger partial charge < -0.3 is 15.0 Å². The fourth-order valence-corrected chi connectivity index (χ4v) is 9.45. The van der Waals surface area contributed by atoms with Gasteiger partial charge in [-0.25, -0.2) is 32.7 Å². The fraction of sp³-hybridized carbons (Fsp3) is 0.242. The molecule has 6 aromatic rings. The SMILES string of the molecule is CN(Cc1cc(-c2cccnc2F)n(S(=O)(=O)c2nccs2)c1)C(=O)OC(C)(C)C.CNCc1cc(-c2cccnc2F)n(S(=O)(=O)c2nccs2)c1.Cl. The molecule has 0 aliphatic rings. The summed E-state index contributed by atoms with van der Waals surface area (Å²) in [4.78, 5) is 28.5. The fourth-order valence-electron chi connectivity index (χ4n) is 4.85. The number of aromatic nitrogens is 6. The number of rotatable bonds is 10. The number of pyridine rings is 2. The molecule has 1 amide bonds. The average Bonchev–Trinajstić information content (AvgIpc) is 3.93. The van der Waals surface area contributed by atoms with Crippen molar-refractivity contribution >= 4 is 61.2 Å². The van der Waals surface area contributed by atoms with Crippen molar-refractivity contribution in [2.45, 2.75) is 48.1 Å². The highest BCUT2D eigenvalue weighted by Crippen LogP contribution is 2.31. The third-order valence-corrected chi connectivity index (χ3v) is 12.7. The first kappa shape index (κ1) is 42.1. The smallest absolute Gasteiger partial charge is 0.410 e. The highest BCUT2D eigenvalue weighted by molar-refractivity contribution is 7.92. The zero-order chi connectivity index (χ0) is 38.6. The summed E-state index contributed by atoms with van der Waals surface area (Å²) >= 11 is 1.96. The van der Waals surface area contributed by atoms with Crippen LogP contribution in [-0.4, -0.2) is 75.4 Å². The monoisotopic (exact) mass is 840 g/mol. The van der Waals surface area contributed by atoms with E-state index in [1.54, 1.807) is 45.3 Å². The molecule has 21 heteroatoms. The molecule has 6 rings (SSSR count). The summed E-state index contributed by atoms with van der Waals surface area (Å²) in [6.45, 7) is 5.76. The van der Waals surface area contributed by atoms with Gasteiger partial charge in [0, 0.05) is 61.5 Å². The number of amides is 1. The van der Waals surface area contributed by atoms with Crippen LogP contribution in [0.4, 0.5) is 13.6 Å². The van der Waals surface area contributed by atoms with E-state index in [4.69, 9.17) is 4.74 Å². The molecule has 54 heavy (non-hydrogen) atoms. The van der Waals surface area contributed by atoms with Gasteiger partial charge in [-0.3, -0.25) is 0 Å². The number of nitrogens with one attached hydrogen (secondary N) is 1. The van der Waals surface area contributed by atoms with Crippen molar-refractivity contribution in [3.8, 4) is 22.5 Å². The highest BCUT2D eigenvalue weighted by atomic mass is 35.5. The molecule has 0 spiro atoms. The Morgan fingerprint density at radius 1 is 0.815 bits per heavy atom. The molecule has 0 atom stereocenters. The average molecular weight is 841 g/mol. The predicted molar refractivity (Wildman–Crippen MR) is 202 cm³/mol. The molecule has 6 heterocycles. The number of ether oxygens (including phenoxy) is 1.